The fraction of sp³-hybridized carbons (Fsp3) is 0.316. The Morgan fingerprint density at radius 2 is 1.74 bits per heavy atom. The standard InChI is InChI=1S/C19H24N2O5S/c1-4-26-15-9-11-16(12-10-15)27(24,25)13-19(21(23)14-22)17-7-5-6-8-18(17)20(2)3/h5-12,14,19,23H,4,13H2,1-3H3. The third kappa shape index (κ3) is 4.99. The van der Waals surface area contributed by atoms with Crippen LogP contribution in [0.4, 0.5) is 5.69 Å². The molecule has 0 aliphatic carbocycles. The zero-order valence-electron chi connectivity index (χ0n) is 15.6. The number of carbonyl (C=O) groups is 1. The number of carbonyl (C=O) groups excluding carboxylic acids is 1. The van der Waals surface area contributed by atoms with Crippen LogP contribution in [0.5, 0.6) is 5.75 Å². The molecular weight excluding hydrogens is 368 g/mol. The van der Waals surface area contributed by atoms with Crippen LogP contribution in [-0.4, -0.2) is 51.6 Å². The Balaban J connectivity index is 2.40. The molecule has 0 aliphatic heterocycles. The highest BCUT2D eigenvalue weighted by atomic mass is 32.2. The number of ether oxygens (including phenoxy) is 1. The Kier molecular flexibility index (Phi) is 6.81. The molecule has 0 saturated carbocycles. The monoisotopic (exact) mass is 392 g/mol. The van der Waals surface area contributed by atoms with Gasteiger partial charge in [-0.05, 0) is 37.3 Å². The van der Waals surface area contributed by atoms with Crippen LogP contribution in [-0.2, 0) is 14.6 Å². The van der Waals surface area contributed by atoms with Gasteiger partial charge in [0.2, 0.25) is 6.41 Å². The molecule has 1 N–H and O–H groups in total. The zero-order valence-corrected chi connectivity index (χ0v) is 16.4. The van der Waals surface area contributed by atoms with Crippen molar-refractivity contribution >= 4 is 21.9 Å². The van der Waals surface area contributed by atoms with E-state index in [9.17, 15) is 18.4 Å². The van der Waals surface area contributed by atoms with Crippen LogP contribution in [0.15, 0.2) is 53.4 Å². The van der Waals surface area contributed by atoms with Crippen molar-refractivity contribution in [1.82, 2.24) is 5.06 Å². The lowest BCUT2D eigenvalue weighted by Crippen LogP contribution is -2.31. The van der Waals surface area contributed by atoms with Crippen molar-refractivity contribution in [1.29, 1.82) is 0 Å². The highest BCUT2D eigenvalue weighted by molar-refractivity contribution is 7.91. The second-order valence-corrected chi connectivity index (χ2v) is 8.17. The fourth-order valence-electron chi connectivity index (χ4n) is 2.77. The number of hydrogen-bond donors (Lipinski definition) is 1. The third-order valence-electron chi connectivity index (χ3n) is 4.08. The summed E-state index contributed by atoms with van der Waals surface area (Å²) in [7, 11) is -0.161. The molecule has 7 nitrogen and oxygen atoms in total. The van der Waals surface area contributed by atoms with Crippen LogP contribution in [0, 0.1) is 0 Å². The van der Waals surface area contributed by atoms with Crippen LogP contribution in [0.3, 0.4) is 0 Å². The van der Waals surface area contributed by atoms with Crippen molar-refractivity contribution in [3.8, 4) is 5.75 Å². The van der Waals surface area contributed by atoms with E-state index < -0.39 is 21.6 Å². The molecule has 8 heteroatoms. The summed E-state index contributed by atoms with van der Waals surface area (Å²) in [5.41, 5.74) is 1.25. The highest BCUT2D eigenvalue weighted by Gasteiger charge is 2.29. The van der Waals surface area contributed by atoms with Crippen LogP contribution in [0.2, 0.25) is 0 Å². The first-order chi connectivity index (χ1) is 12.8. The molecule has 0 heterocycles. The van der Waals surface area contributed by atoms with Gasteiger partial charge >= 0.3 is 0 Å². The Morgan fingerprint density at radius 1 is 1.11 bits per heavy atom. The number of rotatable bonds is 9. The quantitative estimate of drug-likeness (QED) is 0.401. The lowest BCUT2D eigenvalue weighted by Gasteiger charge is -2.27. The van der Waals surface area contributed by atoms with E-state index >= 15 is 0 Å². The van der Waals surface area contributed by atoms with Gasteiger partial charge in [-0.15, -0.1) is 0 Å². The molecule has 0 radical (unpaired) electrons. The van der Waals surface area contributed by atoms with E-state index in [1.54, 1.807) is 55.4 Å². The minimum absolute atomic E-state index is 0.0950. The van der Waals surface area contributed by atoms with Gasteiger partial charge in [0.05, 0.1) is 17.3 Å². The maximum Gasteiger partial charge on any atom is 0.233 e. The molecule has 1 unspecified atom stereocenters. The predicted octanol–water partition coefficient (Wildman–Crippen LogP) is 2.51. The van der Waals surface area contributed by atoms with Crippen molar-refractivity contribution in [2.75, 3.05) is 31.4 Å². The number of hydrogen-bond acceptors (Lipinski definition) is 6. The predicted molar refractivity (Wildman–Crippen MR) is 103 cm³/mol. The van der Waals surface area contributed by atoms with Crippen molar-refractivity contribution < 1.29 is 23.2 Å². The maximum atomic E-state index is 12.9. The Morgan fingerprint density at radius 3 is 2.30 bits per heavy atom. The highest BCUT2D eigenvalue weighted by Crippen LogP contribution is 2.31. The van der Waals surface area contributed by atoms with Crippen LogP contribution in [0.25, 0.3) is 0 Å². The number of para-hydroxylation sites is 1. The van der Waals surface area contributed by atoms with Gasteiger partial charge in [-0.2, -0.15) is 0 Å². The Hall–Kier alpha value is -2.58. The van der Waals surface area contributed by atoms with Crippen LogP contribution < -0.4 is 9.64 Å². The largest absolute Gasteiger partial charge is 0.494 e. The minimum atomic E-state index is -3.77. The minimum Gasteiger partial charge on any atom is -0.494 e. The lowest BCUT2D eigenvalue weighted by atomic mass is 10.1. The fourth-order valence-corrected chi connectivity index (χ4v) is 4.26. The van der Waals surface area contributed by atoms with E-state index in [1.165, 1.54) is 12.1 Å². The molecule has 0 aliphatic rings. The van der Waals surface area contributed by atoms with E-state index in [0.717, 1.165) is 0 Å². The molecule has 0 aromatic heterocycles. The van der Waals surface area contributed by atoms with Gasteiger partial charge in [-0.3, -0.25) is 10.0 Å². The number of amides is 1. The molecule has 1 amide bonds. The Labute approximate surface area is 159 Å². The molecule has 1 atom stereocenters. The number of hydroxylamine groups is 2. The molecule has 27 heavy (non-hydrogen) atoms. The van der Waals surface area contributed by atoms with Gasteiger partial charge in [0.15, 0.2) is 9.84 Å². The first kappa shape index (κ1) is 20.7. The van der Waals surface area contributed by atoms with Crippen molar-refractivity contribution in [2.24, 2.45) is 0 Å². The first-order valence-electron chi connectivity index (χ1n) is 8.44. The van der Waals surface area contributed by atoms with E-state index in [2.05, 4.69) is 0 Å². The maximum absolute atomic E-state index is 12.9. The van der Waals surface area contributed by atoms with Crippen LogP contribution in [0.1, 0.15) is 18.5 Å². The van der Waals surface area contributed by atoms with E-state index in [0.29, 0.717) is 28.7 Å². The molecule has 2 aromatic carbocycles. The van der Waals surface area contributed by atoms with Crippen molar-refractivity contribution in [3.63, 3.8) is 0 Å². The SMILES string of the molecule is CCOc1ccc(S(=O)(=O)CC(c2ccccc2N(C)C)N(O)C=O)cc1. The summed E-state index contributed by atoms with van der Waals surface area (Å²) >= 11 is 0. The van der Waals surface area contributed by atoms with Gasteiger partial charge in [-0.25, -0.2) is 13.5 Å². The van der Waals surface area contributed by atoms with E-state index in [1.807, 2.05) is 6.92 Å². The number of nitrogens with zero attached hydrogens (tertiary/aromatic N) is 2. The topological polar surface area (TPSA) is 87.2 Å². The molecule has 2 rings (SSSR count). The van der Waals surface area contributed by atoms with Gasteiger partial charge in [0, 0.05) is 25.3 Å². The Bertz CT molecular complexity index is 866. The smallest absolute Gasteiger partial charge is 0.233 e. The van der Waals surface area contributed by atoms with Crippen molar-refractivity contribution in [3.05, 3.63) is 54.1 Å². The normalized spacial score (nSPS) is 12.3. The number of anilines is 1. The number of benzene rings is 2. The average molecular weight is 392 g/mol. The summed E-state index contributed by atoms with van der Waals surface area (Å²) in [5.74, 6) is 0.115. The molecule has 0 fully saturated rings. The summed E-state index contributed by atoms with van der Waals surface area (Å²) in [6.45, 7) is 2.32. The number of sulfone groups is 1. The summed E-state index contributed by atoms with van der Waals surface area (Å²) in [4.78, 5) is 13.1. The molecule has 146 valence electrons. The first-order valence-corrected chi connectivity index (χ1v) is 10.1. The van der Waals surface area contributed by atoms with E-state index in [-0.39, 0.29) is 11.3 Å². The molecule has 0 spiro atoms. The summed E-state index contributed by atoms with van der Waals surface area (Å²) in [5, 5.41) is 10.5. The summed E-state index contributed by atoms with van der Waals surface area (Å²) in [6.07, 6.45) is 0.213. The van der Waals surface area contributed by atoms with Gasteiger partial charge in [0.25, 0.3) is 0 Å². The molecule has 0 saturated heterocycles. The van der Waals surface area contributed by atoms with Crippen LogP contribution >= 0.6 is 0 Å². The summed E-state index contributed by atoms with van der Waals surface area (Å²) in [6, 6.07) is 12.1. The van der Waals surface area contributed by atoms with Gasteiger partial charge in [-0.1, -0.05) is 18.2 Å². The molecular formula is C19H24N2O5S. The average Bonchev–Trinajstić information content (AvgIpc) is 2.66. The van der Waals surface area contributed by atoms with E-state index in [4.69, 9.17) is 4.74 Å². The lowest BCUT2D eigenvalue weighted by molar-refractivity contribution is -0.158. The second-order valence-electron chi connectivity index (χ2n) is 6.14. The van der Waals surface area contributed by atoms with Crippen molar-refractivity contribution in [2.45, 2.75) is 17.9 Å². The van der Waals surface area contributed by atoms with Gasteiger partial charge < -0.3 is 9.64 Å². The molecule has 0 bridgehead atoms. The third-order valence-corrected chi connectivity index (χ3v) is 5.82. The second kappa shape index (κ2) is 8.88. The summed E-state index contributed by atoms with van der Waals surface area (Å²) < 4.78 is 31.1. The molecule has 2 aromatic rings. The zero-order chi connectivity index (χ0) is 20.0. The van der Waals surface area contributed by atoms with Gasteiger partial charge in [0.1, 0.15) is 11.8 Å².